The van der Waals surface area contributed by atoms with Crippen LogP contribution in [-0.4, -0.2) is 19.3 Å². The Hall–Kier alpha value is -2.01. The van der Waals surface area contributed by atoms with E-state index in [2.05, 4.69) is 5.32 Å². The summed E-state index contributed by atoms with van der Waals surface area (Å²) in [4.78, 5) is 0.325. The highest BCUT2D eigenvalue weighted by molar-refractivity contribution is 7.91. The predicted octanol–water partition coefficient (Wildman–Crippen LogP) is 3.36. The molecular weight excluding hydrogens is 286 g/mol. The summed E-state index contributed by atoms with van der Waals surface area (Å²) in [6.07, 6.45) is 0. The van der Waals surface area contributed by atoms with Gasteiger partial charge in [-0.2, -0.15) is 0 Å². The monoisotopic (exact) mass is 305 g/mol. The van der Waals surface area contributed by atoms with E-state index < -0.39 is 9.84 Å². The van der Waals surface area contributed by atoms with Crippen molar-refractivity contribution in [3.63, 3.8) is 0 Å². The predicted molar refractivity (Wildman–Crippen MR) is 84.3 cm³/mol. The molecule has 0 aliphatic heterocycles. The summed E-state index contributed by atoms with van der Waals surface area (Å²) in [6, 6.07) is 13.7. The Kier molecular flexibility index (Phi) is 4.53. The zero-order valence-electron chi connectivity index (χ0n) is 12.1. The van der Waals surface area contributed by atoms with Crippen LogP contribution >= 0.6 is 0 Å². The first kappa shape index (κ1) is 15.4. The van der Waals surface area contributed by atoms with E-state index in [1.165, 1.54) is 0 Å². The minimum Gasteiger partial charge on any atom is -0.508 e. The highest BCUT2D eigenvalue weighted by Gasteiger charge is 2.12. The third kappa shape index (κ3) is 3.55. The average Bonchev–Trinajstić information content (AvgIpc) is 2.48. The van der Waals surface area contributed by atoms with Crippen molar-refractivity contribution in [3.8, 4) is 5.75 Å². The summed E-state index contributed by atoms with van der Waals surface area (Å²) in [5, 5.41) is 13.1. The summed E-state index contributed by atoms with van der Waals surface area (Å²) in [5.41, 5.74) is 1.60. The Morgan fingerprint density at radius 3 is 2.29 bits per heavy atom. The molecule has 0 spiro atoms. The zero-order valence-corrected chi connectivity index (χ0v) is 12.9. The number of sulfone groups is 1. The molecule has 0 saturated carbocycles. The summed E-state index contributed by atoms with van der Waals surface area (Å²) in [6.45, 7) is 3.56. The molecule has 0 aliphatic carbocycles. The number of para-hydroxylation sites is 1. The van der Waals surface area contributed by atoms with Crippen LogP contribution in [0, 0.1) is 0 Å². The maximum absolute atomic E-state index is 11.7. The van der Waals surface area contributed by atoms with Crippen molar-refractivity contribution in [2.45, 2.75) is 24.8 Å². The van der Waals surface area contributed by atoms with E-state index in [9.17, 15) is 13.5 Å². The molecule has 0 fully saturated rings. The summed E-state index contributed by atoms with van der Waals surface area (Å²) in [5.74, 6) is 0.330. The van der Waals surface area contributed by atoms with Crippen molar-refractivity contribution in [2.24, 2.45) is 0 Å². The Balaban J connectivity index is 2.16. The number of anilines is 1. The van der Waals surface area contributed by atoms with Gasteiger partial charge in [0.1, 0.15) is 5.75 Å². The van der Waals surface area contributed by atoms with Crippen molar-refractivity contribution in [3.05, 3.63) is 54.1 Å². The standard InChI is InChI=1S/C16H19NO3S/c1-3-21(19,20)14-10-8-13(9-11-14)17-12(2)15-6-4-5-7-16(15)18/h4-12,17-18H,3H2,1-2H3. The van der Waals surface area contributed by atoms with E-state index >= 15 is 0 Å². The molecule has 2 N–H and O–H groups in total. The number of benzene rings is 2. The van der Waals surface area contributed by atoms with Crippen LogP contribution < -0.4 is 5.32 Å². The van der Waals surface area contributed by atoms with Crippen LogP contribution in [-0.2, 0) is 9.84 Å². The summed E-state index contributed by atoms with van der Waals surface area (Å²) < 4.78 is 23.5. The van der Waals surface area contributed by atoms with E-state index in [0.29, 0.717) is 4.90 Å². The molecular formula is C16H19NO3S. The molecule has 0 aromatic heterocycles. The normalized spacial score (nSPS) is 12.9. The molecule has 2 aromatic carbocycles. The van der Waals surface area contributed by atoms with Gasteiger partial charge in [0.2, 0.25) is 0 Å². The Labute approximate surface area is 125 Å². The van der Waals surface area contributed by atoms with Crippen LogP contribution in [0.2, 0.25) is 0 Å². The quantitative estimate of drug-likeness (QED) is 0.889. The van der Waals surface area contributed by atoms with Crippen LogP contribution in [0.3, 0.4) is 0 Å². The molecule has 0 aliphatic rings. The fourth-order valence-corrected chi connectivity index (χ4v) is 2.99. The second-order valence-electron chi connectivity index (χ2n) is 4.85. The van der Waals surface area contributed by atoms with Crippen LogP contribution in [0.4, 0.5) is 5.69 Å². The molecule has 4 nitrogen and oxygen atoms in total. The molecule has 2 rings (SSSR count). The highest BCUT2D eigenvalue weighted by Crippen LogP contribution is 2.26. The lowest BCUT2D eigenvalue weighted by atomic mass is 10.1. The minimum atomic E-state index is -3.17. The van der Waals surface area contributed by atoms with E-state index in [1.54, 1.807) is 43.3 Å². The van der Waals surface area contributed by atoms with Gasteiger partial charge >= 0.3 is 0 Å². The Morgan fingerprint density at radius 1 is 1.10 bits per heavy atom. The molecule has 1 atom stereocenters. The van der Waals surface area contributed by atoms with Crippen molar-refractivity contribution < 1.29 is 13.5 Å². The van der Waals surface area contributed by atoms with Crippen LogP contribution in [0.15, 0.2) is 53.4 Å². The second kappa shape index (κ2) is 6.18. The Bertz CT molecular complexity index is 709. The van der Waals surface area contributed by atoms with Gasteiger partial charge in [0.05, 0.1) is 16.7 Å². The maximum Gasteiger partial charge on any atom is 0.178 e. The van der Waals surface area contributed by atoms with Crippen LogP contribution in [0.5, 0.6) is 5.75 Å². The largest absolute Gasteiger partial charge is 0.508 e. The van der Waals surface area contributed by atoms with Gasteiger partial charge in [-0.15, -0.1) is 0 Å². The third-order valence-electron chi connectivity index (χ3n) is 3.38. The fourth-order valence-electron chi connectivity index (χ4n) is 2.11. The van der Waals surface area contributed by atoms with Crippen molar-refractivity contribution in [1.82, 2.24) is 0 Å². The lowest BCUT2D eigenvalue weighted by Crippen LogP contribution is -2.07. The molecule has 112 valence electrons. The first-order valence-electron chi connectivity index (χ1n) is 6.81. The SMILES string of the molecule is CCS(=O)(=O)c1ccc(NC(C)c2ccccc2O)cc1. The minimum absolute atomic E-state index is 0.0835. The van der Waals surface area contributed by atoms with E-state index in [4.69, 9.17) is 0 Å². The highest BCUT2D eigenvalue weighted by atomic mass is 32.2. The molecule has 0 radical (unpaired) electrons. The second-order valence-corrected chi connectivity index (χ2v) is 7.13. The van der Waals surface area contributed by atoms with Gasteiger partial charge in [-0.25, -0.2) is 8.42 Å². The number of aromatic hydroxyl groups is 1. The molecule has 21 heavy (non-hydrogen) atoms. The van der Waals surface area contributed by atoms with Crippen molar-refractivity contribution in [1.29, 1.82) is 0 Å². The molecule has 0 heterocycles. The molecule has 5 heteroatoms. The van der Waals surface area contributed by atoms with Gasteiger partial charge in [-0.3, -0.25) is 0 Å². The van der Waals surface area contributed by atoms with Crippen molar-refractivity contribution >= 4 is 15.5 Å². The fraction of sp³-hybridized carbons (Fsp3) is 0.250. The third-order valence-corrected chi connectivity index (χ3v) is 5.13. The van der Waals surface area contributed by atoms with Crippen LogP contribution in [0.25, 0.3) is 0 Å². The van der Waals surface area contributed by atoms with Gasteiger partial charge < -0.3 is 10.4 Å². The first-order valence-corrected chi connectivity index (χ1v) is 8.46. The maximum atomic E-state index is 11.7. The number of nitrogens with one attached hydrogen (secondary N) is 1. The first-order chi connectivity index (χ1) is 9.94. The zero-order chi connectivity index (χ0) is 15.5. The van der Waals surface area contributed by atoms with E-state index in [1.807, 2.05) is 19.1 Å². The van der Waals surface area contributed by atoms with Gasteiger partial charge in [0.25, 0.3) is 0 Å². The Morgan fingerprint density at radius 2 is 1.71 bits per heavy atom. The van der Waals surface area contributed by atoms with Gasteiger partial charge in [-0.05, 0) is 37.3 Å². The topological polar surface area (TPSA) is 66.4 Å². The molecule has 0 amide bonds. The van der Waals surface area contributed by atoms with Gasteiger partial charge in [-0.1, -0.05) is 25.1 Å². The lowest BCUT2D eigenvalue weighted by molar-refractivity contribution is 0.465. The summed E-state index contributed by atoms with van der Waals surface area (Å²) >= 11 is 0. The summed E-state index contributed by atoms with van der Waals surface area (Å²) in [7, 11) is -3.17. The van der Waals surface area contributed by atoms with Crippen molar-refractivity contribution in [2.75, 3.05) is 11.1 Å². The lowest BCUT2D eigenvalue weighted by Gasteiger charge is -2.17. The number of hydrogen-bond acceptors (Lipinski definition) is 4. The number of phenols is 1. The van der Waals surface area contributed by atoms with E-state index in [-0.39, 0.29) is 17.5 Å². The molecule has 1 unspecified atom stereocenters. The molecule has 2 aromatic rings. The van der Waals surface area contributed by atoms with Gasteiger partial charge in [0.15, 0.2) is 9.84 Å². The number of phenolic OH excluding ortho intramolecular Hbond substituents is 1. The van der Waals surface area contributed by atoms with Gasteiger partial charge in [0, 0.05) is 11.3 Å². The van der Waals surface area contributed by atoms with Crippen LogP contribution in [0.1, 0.15) is 25.5 Å². The number of hydrogen-bond donors (Lipinski definition) is 2. The smallest absolute Gasteiger partial charge is 0.178 e. The molecule has 0 bridgehead atoms. The van der Waals surface area contributed by atoms with E-state index in [0.717, 1.165) is 11.3 Å². The average molecular weight is 305 g/mol. The molecule has 0 saturated heterocycles. The number of rotatable bonds is 5.